The highest BCUT2D eigenvalue weighted by Gasteiger charge is 2.52. The number of carbonyl (C=O) groups excluding carboxylic acids is 2. The molecule has 2 aliphatic rings. The summed E-state index contributed by atoms with van der Waals surface area (Å²) in [6.07, 6.45) is -2.57. The highest BCUT2D eigenvalue weighted by molar-refractivity contribution is 5.99. The smallest absolute Gasteiger partial charge is 0.343 e. The van der Waals surface area contributed by atoms with Gasteiger partial charge in [-0.15, -0.1) is 0 Å². The Morgan fingerprint density at radius 2 is 1.90 bits per heavy atom. The first kappa shape index (κ1) is 15.1. The maximum atomic E-state index is 12.2. The van der Waals surface area contributed by atoms with Gasteiger partial charge in [-0.1, -0.05) is 12.8 Å². The van der Waals surface area contributed by atoms with Gasteiger partial charge in [0.1, 0.15) is 11.6 Å². The molecule has 1 aliphatic heterocycles. The number of hydrogen-bond donors (Lipinski definition) is 1. The summed E-state index contributed by atoms with van der Waals surface area (Å²) in [7, 11) is 0. The second kappa shape index (κ2) is 5.26. The van der Waals surface area contributed by atoms with Crippen LogP contribution in [0.15, 0.2) is 0 Å². The normalized spacial score (nSPS) is 26.2. The number of rotatable bonds is 3. The molecule has 2 rings (SSSR count). The fraction of sp³-hybridized carbons (Fsp3) is 0.846. The third-order valence-corrected chi connectivity index (χ3v) is 4.20. The Kier molecular flexibility index (Phi) is 3.97. The first-order valence-corrected chi connectivity index (χ1v) is 6.95. The monoisotopic (exact) mass is 292 g/mol. The SMILES string of the molecule is CC1NC(=O)C2(CCCC2)N(CCCC(F)(F)F)C1=O. The lowest BCUT2D eigenvalue weighted by molar-refractivity contribution is -0.159. The standard InChI is InChI=1S/C13H19F3N2O2/c1-9-10(19)18(8-4-7-13(14,15)16)12(11(20)17-9)5-2-3-6-12/h9H,2-8H2,1H3,(H,17,20). The van der Waals surface area contributed by atoms with Crippen LogP contribution in [-0.4, -0.2) is 41.0 Å². The van der Waals surface area contributed by atoms with E-state index < -0.39 is 24.2 Å². The predicted molar refractivity (Wildman–Crippen MR) is 65.8 cm³/mol. The number of halogens is 3. The number of alkyl halides is 3. The molecule has 4 nitrogen and oxygen atoms in total. The average molecular weight is 292 g/mol. The summed E-state index contributed by atoms with van der Waals surface area (Å²) in [6, 6.07) is -0.653. The van der Waals surface area contributed by atoms with Crippen molar-refractivity contribution >= 4 is 11.8 Å². The zero-order chi connectivity index (χ0) is 15.0. The van der Waals surface area contributed by atoms with Crippen molar-refractivity contribution in [1.29, 1.82) is 0 Å². The Morgan fingerprint density at radius 3 is 2.45 bits per heavy atom. The zero-order valence-electron chi connectivity index (χ0n) is 11.4. The van der Waals surface area contributed by atoms with Crippen LogP contribution in [0.1, 0.15) is 45.4 Å². The van der Waals surface area contributed by atoms with Gasteiger partial charge in [-0.3, -0.25) is 9.59 Å². The molecule has 0 radical (unpaired) electrons. The molecule has 114 valence electrons. The van der Waals surface area contributed by atoms with Crippen LogP contribution in [0.2, 0.25) is 0 Å². The summed E-state index contributed by atoms with van der Waals surface area (Å²) >= 11 is 0. The molecular weight excluding hydrogens is 273 g/mol. The van der Waals surface area contributed by atoms with Crippen molar-refractivity contribution in [1.82, 2.24) is 10.2 Å². The molecule has 0 bridgehead atoms. The summed E-state index contributed by atoms with van der Waals surface area (Å²) in [6.45, 7) is 1.56. The van der Waals surface area contributed by atoms with Crippen molar-refractivity contribution in [3.8, 4) is 0 Å². The second-order valence-electron chi connectivity index (χ2n) is 5.64. The molecule has 0 aromatic heterocycles. The Labute approximate surface area is 115 Å². The fourth-order valence-corrected chi connectivity index (χ4v) is 3.18. The molecule has 1 heterocycles. The first-order valence-electron chi connectivity index (χ1n) is 6.95. The summed E-state index contributed by atoms with van der Waals surface area (Å²) in [5.41, 5.74) is -0.908. The molecule has 2 amide bonds. The van der Waals surface area contributed by atoms with Crippen molar-refractivity contribution in [2.24, 2.45) is 0 Å². The van der Waals surface area contributed by atoms with Crippen LogP contribution in [0.25, 0.3) is 0 Å². The highest BCUT2D eigenvalue weighted by Crippen LogP contribution is 2.38. The molecule has 1 spiro atoms. The van der Waals surface area contributed by atoms with Gasteiger partial charge in [0, 0.05) is 13.0 Å². The van der Waals surface area contributed by atoms with Gasteiger partial charge in [0.25, 0.3) is 0 Å². The van der Waals surface area contributed by atoms with Gasteiger partial charge in [0.2, 0.25) is 11.8 Å². The molecule has 1 N–H and O–H groups in total. The van der Waals surface area contributed by atoms with E-state index in [4.69, 9.17) is 0 Å². The summed E-state index contributed by atoms with van der Waals surface area (Å²) in [5.74, 6) is -0.484. The van der Waals surface area contributed by atoms with E-state index in [9.17, 15) is 22.8 Å². The predicted octanol–water partition coefficient (Wildman–Crippen LogP) is 1.99. The maximum Gasteiger partial charge on any atom is 0.389 e. The first-order chi connectivity index (χ1) is 9.26. The lowest BCUT2D eigenvalue weighted by Gasteiger charge is -2.45. The van der Waals surface area contributed by atoms with E-state index >= 15 is 0 Å². The van der Waals surface area contributed by atoms with Crippen LogP contribution in [0.4, 0.5) is 13.2 Å². The number of piperazine rings is 1. The molecule has 0 aromatic carbocycles. The topological polar surface area (TPSA) is 49.4 Å². The van der Waals surface area contributed by atoms with Gasteiger partial charge in [-0.25, -0.2) is 0 Å². The summed E-state index contributed by atoms with van der Waals surface area (Å²) < 4.78 is 36.7. The zero-order valence-corrected chi connectivity index (χ0v) is 11.4. The number of amides is 2. The molecule has 1 aliphatic carbocycles. The fourth-order valence-electron chi connectivity index (χ4n) is 3.18. The molecule has 2 fully saturated rings. The average Bonchev–Trinajstić information content (AvgIpc) is 2.81. The van der Waals surface area contributed by atoms with E-state index in [1.807, 2.05) is 0 Å². The van der Waals surface area contributed by atoms with Gasteiger partial charge in [0.05, 0.1) is 0 Å². The minimum Gasteiger partial charge on any atom is -0.343 e. The lowest BCUT2D eigenvalue weighted by Crippen LogP contribution is -2.69. The minimum absolute atomic E-state index is 0.00387. The molecule has 0 aromatic rings. The van der Waals surface area contributed by atoms with Gasteiger partial charge >= 0.3 is 6.18 Å². The number of nitrogens with zero attached hydrogens (tertiary/aromatic N) is 1. The van der Waals surface area contributed by atoms with Crippen molar-refractivity contribution in [2.45, 2.75) is 63.2 Å². The molecule has 1 atom stereocenters. The lowest BCUT2D eigenvalue weighted by atomic mass is 9.89. The Balaban J connectivity index is 2.11. The molecule has 7 heteroatoms. The molecule has 1 saturated carbocycles. The van der Waals surface area contributed by atoms with Crippen molar-refractivity contribution in [2.75, 3.05) is 6.54 Å². The number of hydrogen-bond acceptors (Lipinski definition) is 2. The van der Waals surface area contributed by atoms with Crippen LogP contribution in [0, 0.1) is 0 Å². The molecule has 20 heavy (non-hydrogen) atoms. The highest BCUT2D eigenvalue weighted by atomic mass is 19.4. The van der Waals surface area contributed by atoms with Gasteiger partial charge < -0.3 is 10.2 Å². The van der Waals surface area contributed by atoms with Crippen LogP contribution in [0.3, 0.4) is 0 Å². The van der Waals surface area contributed by atoms with E-state index in [2.05, 4.69) is 5.32 Å². The number of nitrogens with one attached hydrogen (secondary N) is 1. The Morgan fingerprint density at radius 1 is 1.30 bits per heavy atom. The van der Waals surface area contributed by atoms with Crippen LogP contribution in [-0.2, 0) is 9.59 Å². The van der Waals surface area contributed by atoms with E-state index in [0.717, 1.165) is 12.8 Å². The van der Waals surface area contributed by atoms with Crippen LogP contribution in [0.5, 0.6) is 0 Å². The molecule has 1 saturated heterocycles. The Hall–Kier alpha value is -1.27. The van der Waals surface area contributed by atoms with Crippen LogP contribution >= 0.6 is 0 Å². The maximum absolute atomic E-state index is 12.2. The van der Waals surface area contributed by atoms with E-state index in [1.165, 1.54) is 4.90 Å². The quantitative estimate of drug-likeness (QED) is 0.865. The van der Waals surface area contributed by atoms with Crippen molar-refractivity contribution in [3.63, 3.8) is 0 Å². The largest absolute Gasteiger partial charge is 0.389 e. The minimum atomic E-state index is -4.23. The van der Waals surface area contributed by atoms with E-state index in [-0.39, 0.29) is 24.8 Å². The second-order valence-corrected chi connectivity index (χ2v) is 5.64. The number of carbonyl (C=O) groups is 2. The Bertz CT molecular complexity index is 403. The van der Waals surface area contributed by atoms with E-state index in [1.54, 1.807) is 6.92 Å². The van der Waals surface area contributed by atoms with Crippen molar-refractivity contribution < 1.29 is 22.8 Å². The van der Waals surface area contributed by atoms with Crippen LogP contribution < -0.4 is 5.32 Å². The third-order valence-electron chi connectivity index (χ3n) is 4.20. The molecular formula is C13H19F3N2O2. The van der Waals surface area contributed by atoms with Gasteiger partial charge in [-0.05, 0) is 26.2 Å². The van der Waals surface area contributed by atoms with Gasteiger partial charge in [0.15, 0.2) is 0 Å². The third kappa shape index (κ3) is 2.76. The van der Waals surface area contributed by atoms with E-state index in [0.29, 0.717) is 12.8 Å². The molecule has 1 unspecified atom stereocenters. The van der Waals surface area contributed by atoms with Gasteiger partial charge in [-0.2, -0.15) is 13.2 Å². The van der Waals surface area contributed by atoms with Crippen molar-refractivity contribution in [3.05, 3.63) is 0 Å². The summed E-state index contributed by atoms with van der Waals surface area (Å²) in [5, 5.41) is 2.65. The summed E-state index contributed by atoms with van der Waals surface area (Å²) in [4.78, 5) is 25.8.